The van der Waals surface area contributed by atoms with Crippen molar-refractivity contribution in [2.24, 2.45) is 5.92 Å². The molecule has 132 valence electrons. The molecule has 2 heterocycles. The summed E-state index contributed by atoms with van der Waals surface area (Å²) in [5, 5.41) is 18.6. The summed E-state index contributed by atoms with van der Waals surface area (Å²) in [5.41, 5.74) is 0. The Balaban J connectivity index is 1.81. The number of aromatic nitrogens is 2. The van der Waals surface area contributed by atoms with Gasteiger partial charge in [-0.25, -0.2) is 0 Å². The summed E-state index contributed by atoms with van der Waals surface area (Å²) in [7, 11) is 1.97. The van der Waals surface area contributed by atoms with Gasteiger partial charge in [-0.15, -0.1) is 10.2 Å². The highest BCUT2D eigenvalue weighted by Crippen LogP contribution is 2.18. The van der Waals surface area contributed by atoms with E-state index in [0.717, 1.165) is 32.7 Å². The maximum atomic E-state index is 10.3. The van der Waals surface area contributed by atoms with Crippen LogP contribution in [-0.4, -0.2) is 77.6 Å². The first-order chi connectivity index (χ1) is 11.0. The average Bonchev–Trinajstić information content (AvgIpc) is 2.94. The van der Waals surface area contributed by atoms with Crippen molar-refractivity contribution >= 4 is 0 Å². The maximum absolute atomic E-state index is 10.3. The van der Waals surface area contributed by atoms with Gasteiger partial charge in [-0.1, -0.05) is 13.8 Å². The number of rotatable bonds is 8. The predicted molar refractivity (Wildman–Crippen MR) is 87.2 cm³/mol. The first-order valence-electron chi connectivity index (χ1n) is 8.46. The zero-order chi connectivity index (χ0) is 16.8. The number of hydrogen-bond donors (Lipinski definition) is 1. The van der Waals surface area contributed by atoms with Crippen LogP contribution in [0.3, 0.4) is 0 Å². The maximum Gasteiger partial charge on any atom is 0.233 e. The Kier molecular flexibility index (Phi) is 6.95. The fourth-order valence-corrected chi connectivity index (χ4v) is 2.69. The number of likely N-dealkylation sites (N-methyl/N-ethyl adjacent to an activating group) is 1. The van der Waals surface area contributed by atoms with Crippen LogP contribution in [0.4, 0.5) is 0 Å². The zero-order valence-corrected chi connectivity index (χ0v) is 14.7. The summed E-state index contributed by atoms with van der Waals surface area (Å²) in [6.45, 7) is 10.8. The number of aliphatic hydroxyl groups is 1. The number of nitrogens with zero attached hydrogens (tertiary/aromatic N) is 4. The van der Waals surface area contributed by atoms with Crippen LogP contribution >= 0.6 is 0 Å². The van der Waals surface area contributed by atoms with E-state index in [-0.39, 0.29) is 6.04 Å². The van der Waals surface area contributed by atoms with Gasteiger partial charge in [0.15, 0.2) is 0 Å². The van der Waals surface area contributed by atoms with E-state index in [9.17, 15) is 5.11 Å². The van der Waals surface area contributed by atoms with Crippen LogP contribution in [0.2, 0.25) is 0 Å². The summed E-state index contributed by atoms with van der Waals surface area (Å²) >= 11 is 0. The van der Waals surface area contributed by atoms with Crippen LogP contribution in [0.25, 0.3) is 0 Å². The van der Waals surface area contributed by atoms with Gasteiger partial charge in [0.2, 0.25) is 11.8 Å². The fourth-order valence-electron chi connectivity index (χ4n) is 2.69. The molecule has 2 unspecified atom stereocenters. The molecule has 0 aromatic carbocycles. The zero-order valence-electron chi connectivity index (χ0n) is 14.7. The number of ether oxygens (including phenoxy) is 1. The molecule has 0 radical (unpaired) electrons. The molecule has 0 aliphatic carbocycles. The van der Waals surface area contributed by atoms with Crippen LogP contribution < -0.4 is 0 Å². The summed E-state index contributed by atoms with van der Waals surface area (Å²) in [6.07, 6.45) is 0.391. The molecule has 1 aromatic rings. The van der Waals surface area contributed by atoms with Crippen molar-refractivity contribution in [1.29, 1.82) is 0 Å². The monoisotopic (exact) mass is 326 g/mol. The molecular weight excluding hydrogens is 296 g/mol. The molecule has 0 bridgehead atoms. The first kappa shape index (κ1) is 18.3. The summed E-state index contributed by atoms with van der Waals surface area (Å²) in [4.78, 5) is 4.29. The van der Waals surface area contributed by atoms with Gasteiger partial charge >= 0.3 is 0 Å². The second-order valence-electron chi connectivity index (χ2n) is 6.81. The van der Waals surface area contributed by atoms with Gasteiger partial charge in [-0.05, 0) is 19.9 Å². The molecule has 23 heavy (non-hydrogen) atoms. The minimum atomic E-state index is -0.404. The van der Waals surface area contributed by atoms with Crippen LogP contribution in [0, 0.1) is 5.92 Å². The molecule has 7 heteroatoms. The minimum Gasteiger partial charge on any atom is -0.424 e. The van der Waals surface area contributed by atoms with Crippen molar-refractivity contribution in [3.8, 4) is 0 Å². The van der Waals surface area contributed by atoms with Gasteiger partial charge < -0.3 is 14.3 Å². The lowest BCUT2D eigenvalue weighted by Gasteiger charge is -2.31. The molecule has 2 atom stereocenters. The van der Waals surface area contributed by atoms with Crippen LogP contribution in [0.1, 0.15) is 38.6 Å². The number of aliphatic hydroxyl groups excluding tert-OH is 1. The molecule has 1 fully saturated rings. The van der Waals surface area contributed by atoms with E-state index >= 15 is 0 Å². The SMILES string of the molecule is CC(C)Cc1nnc(C(C)N(C)CC(O)CN2CCOCC2)o1. The van der Waals surface area contributed by atoms with E-state index in [2.05, 4.69) is 33.8 Å². The van der Waals surface area contributed by atoms with Gasteiger partial charge in [0, 0.05) is 32.6 Å². The lowest BCUT2D eigenvalue weighted by atomic mass is 10.1. The minimum absolute atomic E-state index is 0.0113. The van der Waals surface area contributed by atoms with Crippen molar-refractivity contribution in [2.45, 2.75) is 39.3 Å². The summed E-state index contributed by atoms with van der Waals surface area (Å²) in [5.74, 6) is 1.79. The highest BCUT2D eigenvalue weighted by Gasteiger charge is 2.22. The standard InChI is InChI=1S/C16H30N4O3/c1-12(2)9-15-17-18-16(23-15)13(3)19(4)10-14(21)11-20-5-7-22-8-6-20/h12-14,21H,5-11H2,1-4H3. The Labute approximate surface area is 138 Å². The third kappa shape index (κ3) is 5.84. The van der Waals surface area contributed by atoms with Gasteiger partial charge in [-0.2, -0.15) is 0 Å². The third-order valence-electron chi connectivity index (χ3n) is 4.16. The Morgan fingerprint density at radius 1 is 1.22 bits per heavy atom. The summed E-state index contributed by atoms with van der Waals surface area (Å²) in [6, 6.07) is -0.0113. The molecule has 2 rings (SSSR count). The normalized spacial score (nSPS) is 19.4. The molecule has 1 aliphatic heterocycles. The summed E-state index contributed by atoms with van der Waals surface area (Å²) < 4.78 is 11.1. The molecule has 1 saturated heterocycles. The number of hydrogen-bond acceptors (Lipinski definition) is 7. The van der Waals surface area contributed by atoms with Gasteiger partial charge in [0.05, 0.1) is 25.4 Å². The van der Waals surface area contributed by atoms with E-state index in [1.54, 1.807) is 0 Å². The molecule has 1 aliphatic rings. The second kappa shape index (κ2) is 8.73. The van der Waals surface area contributed by atoms with Crippen molar-refractivity contribution in [3.05, 3.63) is 11.8 Å². The quantitative estimate of drug-likeness (QED) is 0.762. The highest BCUT2D eigenvalue weighted by atomic mass is 16.5. The average molecular weight is 326 g/mol. The molecule has 0 spiro atoms. The van der Waals surface area contributed by atoms with Crippen LogP contribution in [0.15, 0.2) is 4.42 Å². The number of β-amino-alcohol motifs (C(OH)–C–C–N with tert-alkyl or cyclic N) is 1. The third-order valence-corrected chi connectivity index (χ3v) is 4.16. The van der Waals surface area contributed by atoms with E-state index in [1.807, 2.05) is 14.0 Å². The smallest absolute Gasteiger partial charge is 0.233 e. The fraction of sp³-hybridized carbons (Fsp3) is 0.875. The van der Waals surface area contributed by atoms with E-state index in [4.69, 9.17) is 9.15 Å². The molecule has 0 saturated carbocycles. The lowest BCUT2D eigenvalue weighted by Crippen LogP contribution is -2.44. The second-order valence-corrected chi connectivity index (χ2v) is 6.81. The molecule has 1 aromatic heterocycles. The van der Waals surface area contributed by atoms with Crippen molar-refractivity contribution in [1.82, 2.24) is 20.0 Å². The van der Waals surface area contributed by atoms with Gasteiger partial charge in [-0.3, -0.25) is 9.80 Å². The Morgan fingerprint density at radius 3 is 2.57 bits per heavy atom. The van der Waals surface area contributed by atoms with E-state index < -0.39 is 6.10 Å². The first-order valence-corrected chi connectivity index (χ1v) is 8.46. The predicted octanol–water partition coefficient (Wildman–Crippen LogP) is 0.954. The molecule has 0 amide bonds. The van der Waals surface area contributed by atoms with Gasteiger partial charge in [0.25, 0.3) is 0 Å². The largest absolute Gasteiger partial charge is 0.424 e. The lowest BCUT2D eigenvalue weighted by molar-refractivity contribution is 0.00542. The molecule has 1 N–H and O–H groups in total. The molecule has 7 nitrogen and oxygen atoms in total. The highest BCUT2D eigenvalue weighted by molar-refractivity contribution is 4.90. The van der Waals surface area contributed by atoms with Crippen molar-refractivity contribution < 1.29 is 14.3 Å². The Bertz CT molecular complexity index is 460. The van der Waals surface area contributed by atoms with E-state index in [1.165, 1.54) is 0 Å². The Hall–Kier alpha value is -1.02. The topological polar surface area (TPSA) is 74.9 Å². The Morgan fingerprint density at radius 2 is 1.91 bits per heavy atom. The van der Waals surface area contributed by atoms with Crippen LogP contribution in [-0.2, 0) is 11.2 Å². The number of morpholine rings is 1. The van der Waals surface area contributed by atoms with E-state index in [0.29, 0.717) is 30.8 Å². The molecular formula is C16H30N4O3. The van der Waals surface area contributed by atoms with Crippen molar-refractivity contribution in [3.63, 3.8) is 0 Å². The van der Waals surface area contributed by atoms with Crippen LogP contribution in [0.5, 0.6) is 0 Å². The van der Waals surface area contributed by atoms with Crippen molar-refractivity contribution in [2.75, 3.05) is 46.4 Å². The van der Waals surface area contributed by atoms with Gasteiger partial charge in [0.1, 0.15) is 0 Å².